The molecule has 0 radical (unpaired) electrons. The Labute approximate surface area is 108 Å². The number of aldehydes is 1. The van der Waals surface area contributed by atoms with Crippen LogP contribution in [0, 0.1) is 0 Å². The van der Waals surface area contributed by atoms with Gasteiger partial charge in [-0.15, -0.1) is 0 Å². The molecule has 0 aromatic heterocycles. The van der Waals surface area contributed by atoms with Crippen molar-refractivity contribution in [3.63, 3.8) is 0 Å². The van der Waals surface area contributed by atoms with Crippen molar-refractivity contribution in [1.29, 1.82) is 0 Å². The number of aliphatic hydroxyl groups is 5. The second-order valence-corrected chi connectivity index (χ2v) is 3.47. The fourth-order valence-corrected chi connectivity index (χ4v) is 0.790. The van der Waals surface area contributed by atoms with Crippen LogP contribution in [0.5, 0.6) is 0 Å². The summed E-state index contributed by atoms with van der Waals surface area (Å²) in [4.78, 5) is 29.4. The Morgan fingerprint density at radius 1 is 1.00 bits per heavy atom. The molecule has 10 nitrogen and oxygen atoms in total. The van der Waals surface area contributed by atoms with E-state index in [1.807, 2.05) is 0 Å². The van der Waals surface area contributed by atoms with E-state index in [1.54, 1.807) is 0 Å². The van der Waals surface area contributed by atoms with Crippen molar-refractivity contribution in [2.45, 2.75) is 30.8 Å². The lowest BCUT2D eigenvalue weighted by Crippen LogP contribution is -2.46. The molecule has 19 heavy (non-hydrogen) atoms. The number of aliphatic hydroxyl groups excluding tert-OH is 5. The Bertz CT molecular complexity index is 286. The van der Waals surface area contributed by atoms with Crippen molar-refractivity contribution < 1.29 is 39.9 Å². The van der Waals surface area contributed by atoms with Gasteiger partial charge in [0.05, 0.1) is 6.61 Å². The molecule has 0 aromatic rings. The maximum Gasteiger partial charge on any atom is 0.226 e. The number of carbonyl (C=O) groups is 3. The van der Waals surface area contributed by atoms with Crippen LogP contribution in [0.2, 0.25) is 0 Å². The van der Waals surface area contributed by atoms with Crippen molar-refractivity contribution in [3.05, 3.63) is 0 Å². The van der Waals surface area contributed by atoms with E-state index in [1.165, 1.54) is 0 Å². The van der Waals surface area contributed by atoms with Gasteiger partial charge >= 0.3 is 0 Å². The lowest BCUT2D eigenvalue weighted by Gasteiger charge is -2.22. The lowest BCUT2D eigenvalue weighted by molar-refractivity contribution is -0.136. The van der Waals surface area contributed by atoms with Crippen molar-refractivity contribution in [1.82, 2.24) is 0 Å². The number of primary amides is 2. The number of hydrogen-bond donors (Lipinski definition) is 7. The minimum Gasteiger partial charge on any atom is -0.394 e. The van der Waals surface area contributed by atoms with E-state index in [2.05, 4.69) is 11.5 Å². The Morgan fingerprint density at radius 2 is 1.42 bits per heavy atom. The Morgan fingerprint density at radius 3 is 1.63 bits per heavy atom. The van der Waals surface area contributed by atoms with E-state index < -0.39 is 42.8 Å². The zero-order chi connectivity index (χ0) is 15.6. The monoisotopic (exact) mass is 282 g/mol. The molecular formula is C9H18N2O8. The van der Waals surface area contributed by atoms with Crippen LogP contribution in [-0.4, -0.2) is 74.7 Å². The van der Waals surface area contributed by atoms with E-state index in [-0.39, 0.29) is 12.7 Å². The average Bonchev–Trinajstić information content (AvgIpc) is 2.34. The first-order chi connectivity index (χ1) is 8.67. The minimum atomic E-state index is -1.79. The number of nitrogens with two attached hydrogens (primary N) is 2. The van der Waals surface area contributed by atoms with Gasteiger partial charge < -0.3 is 41.8 Å². The molecule has 0 rings (SSSR count). The fraction of sp³-hybridized carbons (Fsp3) is 0.667. The van der Waals surface area contributed by atoms with Gasteiger partial charge in [0, 0.05) is 0 Å². The number of rotatable bonds is 7. The van der Waals surface area contributed by atoms with Crippen LogP contribution in [0.3, 0.4) is 0 Å². The molecule has 0 spiro atoms. The van der Waals surface area contributed by atoms with E-state index in [9.17, 15) is 14.4 Å². The number of hydrogen-bond acceptors (Lipinski definition) is 8. The smallest absolute Gasteiger partial charge is 0.226 e. The molecule has 0 fully saturated rings. The summed E-state index contributed by atoms with van der Waals surface area (Å²) in [5, 5.41) is 43.5. The summed E-state index contributed by atoms with van der Waals surface area (Å²) >= 11 is 0. The summed E-state index contributed by atoms with van der Waals surface area (Å²) in [7, 11) is 0. The quantitative estimate of drug-likeness (QED) is 0.177. The third-order valence-electron chi connectivity index (χ3n) is 1.77. The fourth-order valence-electron chi connectivity index (χ4n) is 0.790. The molecule has 0 aliphatic rings. The van der Waals surface area contributed by atoms with Crippen molar-refractivity contribution in [2.24, 2.45) is 11.5 Å². The molecule has 0 aliphatic heterocycles. The van der Waals surface area contributed by atoms with Gasteiger partial charge in [-0.25, -0.2) is 0 Å². The summed E-state index contributed by atoms with van der Waals surface area (Å²) in [5.41, 5.74) is 9.11. The number of carbonyl (C=O) groups excluding carboxylic acids is 3. The summed E-state index contributed by atoms with van der Waals surface area (Å²) in [6, 6.07) is 0. The molecule has 4 unspecified atom stereocenters. The van der Waals surface area contributed by atoms with E-state index >= 15 is 0 Å². The molecule has 0 aliphatic carbocycles. The highest BCUT2D eigenvalue weighted by Gasteiger charge is 2.29. The SMILES string of the molecule is NC(=O)CC(N)=O.O=CC(O)C(O)C(O)C(O)CO. The molecule has 0 aromatic carbocycles. The van der Waals surface area contributed by atoms with Crippen LogP contribution >= 0.6 is 0 Å². The average molecular weight is 282 g/mol. The van der Waals surface area contributed by atoms with Gasteiger partial charge in [-0.2, -0.15) is 0 Å². The molecule has 2 amide bonds. The van der Waals surface area contributed by atoms with Crippen LogP contribution in [0.4, 0.5) is 0 Å². The second kappa shape index (κ2) is 10.3. The largest absolute Gasteiger partial charge is 0.394 e. The first kappa shape index (κ1) is 19.7. The molecule has 112 valence electrons. The normalized spacial score (nSPS) is 16.3. The predicted molar refractivity (Wildman–Crippen MR) is 60.2 cm³/mol. The molecule has 0 saturated heterocycles. The third kappa shape index (κ3) is 10.1. The minimum absolute atomic E-state index is 0.0258. The van der Waals surface area contributed by atoms with Crippen molar-refractivity contribution >= 4 is 18.1 Å². The highest BCUT2D eigenvalue weighted by atomic mass is 16.4. The Hall–Kier alpha value is -1.59. The van der Waals surface area contributed by atoms with Crippen LogP contribution in [-0.2, 0) is 14.4 Å². The molecule has 0 saturated carbocycles. The number of amides is 2. The zero-order valence-corrected chi connectivity index (χ0v) is 9.92. The third-order valence-corrected chi connectivity index (χ3v) is 1.77. The maximum absolute atomic E-state index is 9.90. The standard InChI is InChI=1S/C6H12O6.C3H6N2O2/c7-1-3(9)5(11)6(12)4(10)2-8;4-2(6)1-3(5)7/h1,3-6,8-12H,2H2;1H2,(H2,4,6)(H2,5,7). The van der Waals surface area contributed by atoms with Gasteiger partial charge in [-0.05, 0) is 0 Å². The summed E-state index contributed by atoms with van der Waals surface area (Å²) in [6.45, 7) is -0.760. The first-order valence-corrected chi connectivity index (χ1v) is 5.02. The molecule has 10 heteroatoms. The van der Waals surface area contributed by atoms with Crippen LogP contribution in [0.25, 0.3) is 0 Å². The van der Waals surface area contributed by atoms with Crippen LogP contribution in [0.1, 0.15) is 6.42 Å². The van der Waals surface area contributed by atoms with Crippen molar-refractivity contribution in [2.75, 3.05) is 6.61 Å². The molecular weight excluding hydrogens is 264 g/mol. The van der Waals surface area contributed by atoms with Crippen LogP contribution < -0.4 is 11.5 Å². The Kier molecular flexibility index (Phi) is 10.7. The predicted octanol–water partition coefficient (Wildman–Crippen LogP) is -5.03. The van der Waals surface area contributed by atoms with Crippen molar-refractivity contribution in [3.8, 4) is 0 Å². The molecule has 9 N–H and O–H groups in total. The van der Waals surface area contributed by atoms with Gasteiger partial charge in [0.25, 0.3) is 0 Å². The second-order valence-electron chi connectivity index (χ2n) is 3.47. The van der Waals surface area contributed by atoms with E-state index in [0.717, 1.165) is 0 Å². The van der Waals surface area contributed by atoms with E-state index in [0.29, 0.717) is 0 Å². The van der Waals surface area contributed by atoms with Gasteiger partial charge in [0.1, 0.15) is 30.8 Å². The van der Waals surface area contributed by atoms with Gasteiger partial charge in [0.15, 0.2) is 6.29 Å². The first-order valence-electron chi connectivity index (χ1n) is 5.02. The topological polar surface area (TPSA) is 204 Å². The maximum atomic E-state index is 9.90. The van der Waals surface area contributed by atoms with Crippen LogP contribution in [0.15, 0.2) is 0 Å². The summed E-state index contributed by atoms with van der Waals surface area (Å²) in [6.07, 6.45) is -7.20. The van der Waals surface area contributed by atoms with Gasteiger partial charge in [-0.3, -0.25) is 9.59 Å². The molecule has 0 heterocycles. The molecule has 4 atom stereocenters. The van der Waals surface area contributed by atoms with Gasteiger partial charge in [0.2, 0.25) is 11.8 Å². The van der Waals surface area contributed by atoms with E-state index in [4.69, 9.17) is 25.5 Å². The van der Waals surface area contributed by atoms with Gasteiger partial charge in [-0.1, -0.05) is 0 Å². The highest BCUT2D eigenvalue weighted by Crippen LogP contribution is 2.02. The summed E-state index contributed by atoms with van der Waals surface area (Å²) < 4.78 is 0. The highest BCUT2D eigenvalue weighted by molar-refractivity contribution is 5.95. The zero-order valence-electron chi connectivity index (χ0n) is 9.92. The lowest BCUT2D eigenvalue weighted by atomic mass is 10.0. The Balaban J connectivity index is 0. The summed E-state index contributed by atoms with van der Waals surface area (Å²) in [5.74, 6) is -1.37. The molecule has 0 bridgehead atoms.